The minimum atomic E-state index is 0.891. The molecular weight excluding hydrogens is 302 g/mol. The second-order valence-electron chi connectivity index (χ2n) is 6.40. The second-order valence-corrected chi connectivity index (χ2v) is 6.40. The highest BCUT2D eigenvalue weighted by Gasteiger charge is 2.18. The van der Waals surface area contributed by atoms with Crippen LogP contribution in [-0.2, 0) is 6.54 Å². The zero-order valence-electron chi connectivity index (χ0n) is 14.3. The Bertz CT molecular complexity index is 826. The van der Waals surface area contributed by atoms with E-state index in [1.165, 1.54) is 5.69 Å². The lowest BCUT2D eigenvalue weighted by Gasteiger charge is -2.35. The van der Waals surface area contributed by atoms with Crippen LogP contribution in [0.5, 0.6) is 0 Å². The molecule has 1 saturated heterocycles. The molecule has 0 unspecified atom stereocenters. The maximum atomic E-state index is 4.64. The molecule has 1 aliphatic heterocycles. The first kappa shape index (κ1) is 15.1. The topological polar surface area (TPSA) is 54.5 Å². The van der Waals surface area contributed by atoms with Crippen LogP contribution in [0.2, 0.25) is 0 Å². The number of hydrogen-bond donors (Lipinski definition) is 0. The Balaban J connectivity index is 1.33. The van der Waals surface area contributed by atoms with E-state index in [1.54, 1.807) is 6.20 Å². The lowest BCUT2D eigenvalue weighted by Crippen LogP contribution is -2.47. The molecule has 4 rings (SSSR count). The lowest BCUT2D eigenvalue weighted by atomic mass is 10.3. The van der Waals surface area contributed by atoms with Crippen molar-refractivity contribution < 1.29 is 0 Å². The number of rotatable bonds is 4. The first-order chi connectivity index (χ1) is 11.7. The van der Waals surface area contributed by atoms with Crippen LogP contribution in [0.15, 0.2) is 30.6 Å². The molecule has 7 heteroatoms. The summed E-state index contributed by atoms with van der Waals surface area (Å²) in [7, 11) is 0. The number of fused-ring (bicyclic) bond motifs is 1. The number of hydrogen-bond acceptors (Lipinski definition) is 5. The molecule has 3 aromatic rings. The van der Waals surface area contributed by atoms with Gasteiger partial charge in [0, 0.05) is 50.8 Å². The van der Waals surface area contributed by atoms with Crippen molar-refractivity contribution in [3.63, 3.8) is 0 Å². The van der Waals surface area contributed by atoms with Gasteiger partial charge in [-0.25, -0.2) is 9.50 Å². The molecule has 0 aliphatic carbocycles. The predicted octanol–water partition coefficient (Wildman–Crippen LogP) is 1.36. The zero-order chi connectivity index (χ0) is 16.5. The average Bonchev–Trinajstić information content (AvgIpc) is 3.18. The molecule has 4 heterocycles. The van der Waals surface area contributed by atoms with Crippen LogP contribution in [0.3, 0.4) is 0 Å². The largest absolute Gasteiger partial charge is 0.353 e. The minimum absolute atomic E-state index is 0.891. The number of aromatic nitrogens is 5. The van der Waals surface area contributed by atoms with Crippen molar-refractivity contribution in [1.82, 2.24) is 29.3 Å². The molecule has 0 atom stereocenters. The Hall–Kier alpha value is -2.41. The fraction of sp³-hybridized carbons (Fsp3) is 0.471. The summed E-state index contributed by atoms with van der Waals surface area (Å²) in [6.07, 6.45) is 3.67. The summed E-state index contributed by atoms with van der Waals surface area (Å²) in [4.78, 5) is 9.09. The Labute approximate surface area is 141 Å². The highest BCUT2D eigenvalue weighted by molar-refractivity contribution is 5.46. The Morgan fingerprint density at radius 2 is 1.83 bits per heavy atom. The molecule has 1 aliphatic rings. The van der Waals surface area contributed by atoms with E-state index in [-0.39, 0.29) is 0 Å². The summed E-state index contributed by atoms with van der Waals surface area (Å²) in [6.45, 7) is 10.3. The fourth-order valence-electron chi connectivity index (χ4n) is 3.31. The van der Waals surface area contributed by atoms with Crippen molar-refractivity contribution in [2.45, 2.75) is 20.4 Å². The van der Waals surface area contributed by atoms with Crippen LogP contribution in [0.4, 0.5) is 5.82 Å². The molecule has 0 radical (unpaired) electrons. The molecule has 0 N–H and O–H groups in total. The van der Waals surface area contributed by atoms with Gasteiger partial charge in [0.2, 0.25) is 0 Å². The van der Waals surface area contributed by atoms with Gasteiger partial charge in [0.05, 0.1) is 12.2 Å². The second kappa shape index (κ2) is 6.24. The molecule has 7 nitrogen and oxygen atoms in total. The molecule has 126 valence electrons. The van der Waals surface area contributed by atoms with Gasteiger partial charge in [-0.3, -0.25) is 9.58 Å². The number of aryl methyl sites for hydroxylation is 2. The molecule has 0 spiro atoms. The van der Waals surface area contributed by atoms with Crippen LogP contribution in [0, 0.1) is 13.8 Å². The Morgan fingerprint density at radius 3 is 2.58 bits per heavy atom. The summed E-state index contributed by atoms with van der Waals surface area (Å²) in [5.74, 6) is 1.03. The van der Waals surface area contributed by atoms with Crippen molar-refractivity contribution in [2.75, 3.05) is 37.6 Å². The summed E-state index contributed by atoms with van der Waals surface area (Å²) in [5, 5.41) is 9.18. The minimum Gasteiger partial charge on any atom is -0.353 e. The van der Waals surface area contributed by atoms with Gasteiger partial charge < -0.3 is 4.90 Å². The van der Waals surface area contributed by atoms with E-state index in [2.05, 4.69) is 48.7 Å². The zero-order valence-corrected chi connectivity index (χ0v) is 14.3. The molecule has 1 fully saturated rings. The first-order valence-corrected chi connectivity index (χ1v) is 8.48. The highest BCUT2D eigenvalue weighted by atomic mass is 15.4. The van der Waals surface area contributed by atoms with Crippen molar-refractivity contribution in [3.05, 3.63) is 42.0 Å². The smallest absolute Gasteiger partial charge is 0.153 e. The van der Waals surface area contributed by atoms with Gasteiger partial charge in [0.15, 0.2) is 5.65 Å². The fourth-order valence-corrected chi connectivity index (χ4v) is 3.31. The predicted molar refractivity (Wildman–Crippen MR) is 93.3 cm³/mol. The van der Waals surface area contributed by atoms with E-state index < -0.39 is 0 Å². The van der Waals surface area contributed by atoms with Crippen LogP contribution < -0.4 is 4.90 Å². The summed E-state index contributed by atoms with van der Waals surface area (Å²) in [6, 6.07) is 6.22. The van der Waals surface area contributed by atoms with Crippen LogP contribution in [0.25, 0.3) is 5.65 Å². The number of piperazine rings is 1. The normalized spacial score (nSPS) is 16.2. The monoisotopic (exact) mass is 325 g/mol. The molecule has 0 saturated carbocycles. The van der Waals surface area contributed by atoms with Crippen molar-refractivity contribution in [2.24, 2.45) is 0 Å². The third kappa shape index (κ3) is 2.99. The molecule has 0 amide bonds. The molecule has 24 heavy (non-hydrogen) atoms. The lowest BCUT2D eigenvalue weighted by molar-refractivity contribution is 0.243. The quantitative estimate of drug-likeness (QED) is 0.725. The SMILES string of the molecule is Cc1cc(C)n(CCN2CCN(c3ccc4nccn4n3)CC2)n1. The van der Waals surface area contributed by atoms with E-state index in [9.17, 15) is 0 Å². The number of nitrogens with zero attached hydrogens (tertiary/aromatic N) is 7. The molecule has 0 aromatic carbocycles. The summed E-state index contributed by atoms with van der Waals surface area (Å²) in [5.41, 5.74) is 3.23. The summed E-state index contributed by atoms with van der Waals surface area (Å²) < 4.78 is 3.95. The Morgan fingerprint density at radius 1 is 1.00 bits per heavy atom. The Kier molecular flexibility index (Phi) is 3.93. The van der Waals surface area contributed by atoms with Crippen LogP contribution in [-0.4, -0.2) is 62.0 Å². The van der Waals surface area contributed by atoms with E-state index >= 15 is 0 Å². The summed E-state index contributed by atoms with van der Waals surface area (Å²) >= 11 is 0. The maximum absolute atomic E-state index is 4.64. The highest BCUT2D eigenvalue weighted by Crippen LogP contribution is 2.14. The van der Waals surface area contributed by atoms with E-state index in [0.717, 1.165) is 56.4 Å². The van der Waals surface area contributed by atoms with Crippen LogP contribution >= 0.6 is 0 Å². The number of anilines is 1. The van der Waals surface area contributed by atoms with Gasteiger partial charge in [-0.2, -0.15) is 5.10 Å². The van der Waals surface area contributed by atoms with E-state index in [4.69, 9.17) is 0 Å². The third-order valence-corrected chi connectivity index (χ3v) is 4.67. The van der Waals surface area contributed by atoms with Gasteiger partial charge in [-0.1, -0.05) is 0 Å². The molecule has 3 aromatic heterocycles. The molecular formula is C17H23N7. The standard InChI is InChI=1S/C17H23N7/c1-14-13-15(2)23(19-14)12-9-21-7-10-22(11-8-21)17-4-3-16-18-5-6-24(16)20-17/h3-6,13H,7-12H2,1-2H3. The van der Waals surface area contributed by atoms with Crippen LogP contribution in [0.1, 0.15) is 11.4 Å². The van der Waals surface area contributed by atoms with E-state index in [0.29, 0.717) is 0 Å². The van der Waals surface area contributed by atoms with Gasteiger partial charge in [0.25, 0.3) is 0 Å². The van der Waals surface area contributed by atoms with Gasteiger partial charge in [-0.05, 0) is 32.0 Å². The third-order valence-electron chi connectivity index (χ3n) is 4.67. The maximum Gasteiger partial charge on any atom is 0.153 e. The van der Waals surface area contributed by atoms with Crippen molar-refractivity contribution >= 4 is 11.5 Å². The number of imidazole rings is 1. The van der Waals surface area contributed by atoms with Gasteiger partial charge in [-0.15, -0.1) is 5.10 Å². The first-order valence-electron chi connectivity index (χ1n) is 8.48. The average molecular weight is 325 g/mol. The molecule has 0 bridgehead atoms. The van der Waals surface area contributed by atoms with Gasteiger partial charge >= 0.3 is 0 Å². The van der Waals surface area contributed by atoms with Crippen molar-refractivity contribution in [1.29, 1.82) is 0 Å². The van der Waals surface area contributed by atoms with Gasteiger partial charge in [0.1, 0.15) is 5.82 Å². The van der Waals surface area contributed by atoms with Crippen molar-refractivity contribution in [3.8, 4) is 0 Å². The van der Waals surface area contributed by atoms with E-state index in [1.807, 2.05) is 23.7 Å².